The average Bonchev–Trinajstić information content (AvgIpc) is 2.36. The molecule has 0 saturated heterocycles. The van der Waals surface area contributed by atoms with Crippen molar-refractivity contribution in [3.05, 3.63) is 47.0 Å². The van der Waals surface area contributed by atoms with E-state index >= 15 is 0 Å². The number of aryl methyl sites for hydroxylation is 2. The van der Waals surface area contributed by atoms with E-state index in [2.05, 4.69) is 15.5 Å². The molecule has 2 rings (SSSR count). The molecule has 1 heterocycles. The van der Waals surface area contributed by atoms with Gasteiger partial charge in [0, 0.05) is 0 Å². The average molecular weight is 260 g/mol. The highest BCUT2D eigenvalue weighted by molar-refractivity contribution is 6.06. The number of aromatic nitrogens is 2. The normalized spacial score (nSPS) is 10.3. The van der Waals surface area contributed by atoms with Gasteiger partial charge >= 0.3 is 0 Å². The molecule has 0 aliphatic rings. The SMILES string of the molecule is Cc1cc(C(=O)Nc2cc(F)ccc2N)c(C)nn1. The number of carbonyl (C=O) groups excluding carboxylic acids is 1. The molecule has 0 fully saturated rings. The molecule has 2 aromatic rings. The standard InChI is InChI=1S/C13H13FN4O/c1-7-5-10(8(2)18-17-7)13(19)16-12-6-9(14)3-4-11(12)15/h3-6H,15H2,1-2H3,(H,16,19). The highest BCUT2D eigenvalue weighted by atomic mass is 19.1. The van der Waals surface area contributed by atoms with Gasteiger partial charge in [0.2, 0.25) is 0 Å². The summed E-state index contributed by atoms with van der Waals surface area (Å²) in [6.07, 6.45) is 0. The zero-order valence-electron chi connectivity index (χ0n) is 10.6. The van der Waals surface area contributed by atoms with Gasteiger partial charge in [0.15, 0.2) is 0 Å². The summed E-state index contributed by atoms with van der Waals surface area (Å²) in [7, 11) is 0. The summed E-state index contributed by atoms with van der Waals surface area (Å²) < 4.78 is 13.1. The molecule has 0 bridgehead atoms. The number of nitrogens with one attached hydrogen (secondary N) is 1. The zero-order chi connectivity index (χ0) is 14.0. The van der Waals surface area contributed by atoms with Gasteiger partial charge in [-0.3, -0.25) is 4.79 Å². The van der Waals surface area contributed by atoms with Crippen LogP contribution in [-0.2, 0) is 0 Å². The van der Waals surface area contributed by atoms with Gasteiger partial charge in [0.25, 0.3) is 5.91 Å². The third kappa shape index (κ3) is 2.85. The quantitative estimate of drug-likeness (QED) is 0.810. The van der Waals surface area contributed by atoms with Crippen LogP contribution < -0.4 is 11.1 Å². The van der Waals surface area contributed by atoms with Crippen LogP contribution in [0.5, 0.6) is 0 Å². The summed E-state index contributed by atoms with van der Waals surface area (Å²) in [5, 5.41) is 10.3. The molecule has 0 saturated carbocycles. The fourth-order valence-electron chi connectivity index (χ4n) is 1.61. The Morgan fingerprint density at radius 2 is 2.00 bits per heavy atom. The first-order valence-electron chi connectivity index (χ1n) is 5.64. The van der Waals surface area contributed by atoms with Crippen molar-refractivity contribution < 1.29 is 9.18 Å². The lowest BCUT2D eigenvalue weighted by atomic mass is 10.1. The van der Waals surface area contributed by atoms with Gasteiger partial charge in [-0.25, -0.2) is 4.39 Å². The Bertz CT molecular complexity index is 643. The molecule has 19 heavy (non-hydrogen) atoms. The van der Waals surface area contributed by atoms with Crippen LogP contribution in [0.25, 0.3) is 0 Å². The third-order valence-electron chi connectivity index (χ3n) is 2.61. The van der Waals surface area contributed by atoms with Crippen molar-refractivity contribution in [2.24, 2.45) is 0 Å². The van der Waals surface area contributed by atoms with Gasteiger partial charge in [0.05, 0.1) is 28.3 Å². The first-order chi connectivity index (χ1) is 8.97. The van der Waals surface area contributed by atoms with Gasteiger partial charge in [-0.2, -0.15) is 10.2 Å². The topological polar surface area (TPSA) is 80.9 Å². The largest absolute Gasteiger partial charge is 0.397 e. The van der Waals surface area contributed by atoms with E-state index in [9.17, 15) is 9.18 Å². The van der Waals surface area contributed by atoms with Gasteiger partial charge in [-0.1, -0.05) is 0 Å². The number of hydrogen-bond donors (Lipinski definition) is 2. The minimum absolute atomic E-state index is 0.235. The maximum Gasteiger partial charge on any atom is 0.257 e. The Labute approximate surface area is 109 Å². The smallest absolute Gasteiger partial charge is 0.257 e. The number of rotatable bonds is 2. The Kier molecular flexibility index (Phi) is 3.41. The van der Waals surface area contributed by atoms with Crippen molar-refractivity contribution in [2.75, 3.05) is 11.1 Å². The van der Waals surface area contributed by atoms with E-state index in [0.717, 1.165) is 0 Å². The number of halogens is 1. The van der Waals surface area contributed by atoms with Gasteiger partial charge < -0.3 is 11.1 Å². The molecule has 0 unspecified atom stereocenters. The van der Waals surface area contributed by atoms with Gasteiger partial charge in [-0.05, 0) is 38.1 Å². The Morgan fingerprint density at radius 1 is 1.26 bits per heavy atom. The Morgan fingerprint density at radius 3 is 2.74 bits per heavy atom. The number of benzene rings is 1. The van der Waals surface area contributed by atoms with Crippen molar-refractivity contribution in [1.82, 2.24) is 10.2 Å². The van der Waals surface area contributed by atoms with Crippen LogP contribution >= 0.6 is 0 Å². The number of hydrogen-bond acceptors (Lipinski definition) is 4. The molecular weight excluding hydrogens is 247 g/mol. The summed E-state index contributed by atoms with van der Waals surface area (Å²) in [5.74, 6) is -0.863. The second-order valence-electron chi connectivity index (χ2n) is 4.17. The van der Waals surface area contributed by atoms with E-state index in [4.69, 9.17) is 5.73 Å². The summed E-state index contributed by atoms with van der Waals surface area (Å²) >= 11 is 0. The van der Waals surface area contributed by atoms with Crippen LogP contribution in [0.15, 0.2) is 24.3 Å². The molecule has 0 aliphatic heterocycles. The Hall–Kier alpha value is -2.50. The van der Waals surface area contributed by atoms with Gasteiger partial charge in [-0.15, -0.1) is 0 Å². The summed E-state index contributed by atoms with van der Waals surface area (Å²) in [6, 6.07) is 5.42. The second-order valence-corrected chi connectivity index (χ2v) is 4.17. The molecule has 0 aliphatic carbocycles. The van der Waals surface area contributed by atoms with Crippen molar-refractivity contribution in [2.45, 2.75) is 13.8 Å². The summed E-state index contributed by atoms with van der Waals surface area (Å²) in [4.78, 5) is 12.1. The molecule has 5 nitrogen and oxygen atoms in total. The van der Waals surface area contributed by atoms with Crippen molar-refractivity contribution in [3.63, 3.8) is 0 Å². The van der Waals surface area contributed by atoms with Crippen LogP contribution in [0.1, 0.15) is 21.7 Å². The van der Waals surface area contributed by atoms with E-state index in [1.807, 2.05) is 0 Å². The molecule has 6 heteroatoms. The highest BCUT2D eigenvalue weighted by Crippen LogP contribution is 2.20. The number of nitrogens with zero attached hydrogens (tertiary/aromatic N) is 2. The molecule has 98 valence electrons. The fourth-order valence-corrected chi connectivity index (χ4v) is 1.61. The van der Waals surface area contributed by atoms with Crippen molar-refractivity contribution in [3.8, 4) is 0 Å². The predicted octanol–water partition coefficient (Wildman–Crippen LogP) is 2.07. The molecule has 1 amide bonds. The zero-order valence-corrected chi connectivity index (χ0v) is 10.6. The number of carbonyl (C=O) groups is 1. The molecule has 0 radical (unpaired) electrons. The van der Waals surface area contributed by atoms with Crippen molar-refractivity contribution >= 4 is 17.3 Å². The third-order valence-corrected chi connectivity index (χ3v) is 2.61. The number of nitrogens with two attached hydrogens (primary N) is 1. The minimum atomic E-state index is -0.467. The number of nitrogen functional groups attached to an aromatic ring is 1. The lowest BCUT2D eigenvalue weighted by Crippen LogP contribution is -2.16. The van der Waals surface area contributed by atoms with Crippen molar-refractivity contribution in [1.29, 1.82) is 0 Å². The highest BCUT2D eigenvalue weighted by Gasteiger charge is 2.13. The minimum Gasteiger partial charge on any atom is -0.397 e. The first-order valence-corrected chi connectivity index (χ1v) is 5.64. The van der Waals surface area contributed by atoms with E-state index in [0.29, 0.717) is 22.6 Å². The van der Waals surface area contributed by atoms with Crippen LogP contribution in [0.2, 0.25) is 0 Å². The van der Waals surface area contributed by atoms with Gasteiger partial charge in [0.1, 0.15) is 5.82 Å². The first kappa shape index (κ1) is 12.9. The van der Waals surface area contributed by atoms with Crippen LogP contribution in [0, 0.1) is 19.7 Å². The molecule has 0 atom stereocenters. The summed E-state index contributed by atoms with van der Waals surface area (Å²) in [6.45, 7) is 3.41. The van der Waals surface area contributed by atoms with E-state index in [1.54, 1.807) is 19.9 Å². The van der Waals surface area contributed by atoms with Crippen LogP contribution in [0.3, 0.4) is 0 Å². The van der Waals surface area contributed by atoms with Crippen LogP contribution in [-0.4, -0.2) is 16.1 Å². The lowest BCUT2D eigenvalue weighted by Gasteiger charge is -2.09. The molecular formula is C13H13FN4O. The van der Waals surface area contributed by atoms with E-state index in [1.165, 1.54) is 18.2 Å². The number of amides is 1. The predicted molar refractivity (Wildman–Crippen MR) is 70.3 cm³/mol. The maximum absolute atomic E-state index is 13.1. The number of anilines is 2. The molecule has 1 aromatic carbocycles. The molecule has 3 N–H and O–H groups in total. The monoisotopic (exact) mass is 260 g/mol. The maximum atomic E-state index is 13.1. The molecule has 0 spiro atoms. The molecule has 1 aromatic heterocycles. The Balaban J connectivity index is 2.30. The fraction of sp³-hybridized carbons (Fsp3) is 0.154. The van der Waals surface area contributed by atoms with Crippen LogP contribution in [0.4, 0.5) is 15.8 Å². The second kappa shape index (κ2) is 5.01. The summed E-state index contributed by atoms with van der Waals surface area (Å²) in [5.41, 5.74) is 7.72. The van der Waals surface area contributed by atoms with E-state index in [-0.39, 0.29) is 5.69 Å². The van der Waals surface area contributed by atoms with E-state index < -0.39 is 11.7 Å². The lowest BCUT2D eigenvalue weighted by molar-refractivity contribution is 0.102.